The summed E-state index contributed by atoms with van der Waals surface area (Å²) in [5, 5.41) is 3.02. The topological polar surface area (TPSA) is 88.0 Å². The van der Waals surface area contributed by atoms with Gasteiger partial charge < -0.3 is 5.73 Å². The van der Waals surface area contributed by atoms with Crippen LogP contribution < -0.4 is 5.73 Å². The number of rotatable bonds is 1. The molecule has 3 N–H and O–H groups in total. The van der Waals surface area contributed by atoms with Crippen LogP contribution in [0.5, 0.6) is 0 Å². The van der Waals surface area contributed by atoms with E-state index in [0.717, 1.165) is 0 Å². The molecule has 0 aliphatic heterocycles. The lowest BCUT2D eigenvalue weighted by atomic mass is 10.6. The molecular weight excluding hydrogens is 118 g/mol. The van der Waals surface area contributed by atoms with Gasteiger partial charge in [0.2, 0.25) is 5.82 Å². The largest absolute Gasteiger partial charge is 0.380 e. The number of anilines is 1. The molecule has 0 amide bonds. The third-order valence-corrected chi connectivity index (χ3v) is 0.812. The monoisotopic (exact) mass is 123 g/mol. The van der Waals surface area contributed by atoms with E-state index in [1.807, 2.05) is 0 Å². The van der Waals surface area contributed by atoms with Crippen LogP contribution in [0.3, 0.4) is 0 Å². The van der Waals surface area contributed by atoms with E-state index < -0.39 is 0 Å². The minimum Gasteiger partial charge on any atom is -0.380 e. The molecule has 9 heavy (non-hydrogen) atoms. The first kappa shape index (κ1) is 5.61. The zero-order valence-corrected chi connectivity index (χ0v) is 4.57. The number of nitrogens with zero attached hydrogens (tertiary/aromatic N) is 3. The second-order valence-electron chi connectivity index (χ2n) is 1.38. The Morgan fingerprint density at radius 1 is 1.44 bits per heavy atom. The third-order valence-electron chi connectivity index (χ3n) is 0.812. The molecule has 1 heterocycles. The Labute approximate surface area is 51.4 Å². The number of nitrogens with two attached hydrogens (primary N) is 1. The van der Waals surface area contributed by atoms with Gasteiger partial charge in [0.1, 0.15) is 0 Å². The molecule has 1 rings (SSSR count). The number of hydrogen-bond acceptors (Lipinski definition) is 5. The zero-order valence-electron chi connectivity index (χ0n) is 4.57. The summed E-state index contributed by atoms with van der Waals surface area (Å²) in [6.07, 6.45) is 2.88. The van der Waals surface area contributed by atoms with Gasteiger partial charge in [-0.25, -0.2) is 15.5 Å². The van der Waals surface area contributed by atoms with Crippen molar-refractivity contribution in [3.8, 4) is 0 Å². The first-order valence-electron chi connectivity index (χ1n) is 2.28. The quantitative estimate of drug-likeness (QED) is 0.539. The summed E-state index contributed by atoms with van der Waals surface area (Å²) in [4.78, 5) is 7.31. The molecule has 0 saturated carbocycles. The van der Waals surface area contributed by atoms with Gasteiger partial charge in [-0.2, -0.15) is 0 Å². The molecule has 0 aromatic carbocycles. The molecule has 0 spiro atoms. The van der Waals surface area contributed by atoms with Crippen molar-refractivity contribution in [2.24, 2.45) is 5.11 Å². The van der Waals surface area contributed by atoms with Crippen LogP contribution in [0.15, 0.2) is 17.5 Å². The van der Waals surface area contributed by atoms with Crippen LogP contribution in [-0.4, -0.2) is 9.97 Å². The fraction of sp³-hybridized carbons (Fsp3) is 0. The summed E-state index contributed by atoms with van der Waals surface area (Å²) in [7, 11) is 0. The maximum absolute atomic E-state index is 6.53. The van der Waals surface area contributed by atoms with Crippen LogP contribution in [0.4, 0.5) is 11.6 Å². The molecule has 0 saturated heterocycles. The molecule has 46 valence electrons. The Balaban J connectivity index is 3.15. The van der Waals surface area contributed by atoms with Crippen LogP contribution in [0.1, 0.15) is 0 Å². The second-order valence-corrected chi connectivity index (χ2v) is 1.38. The Kier molecular flexibility index (Phi) is 1.35. The Morgan fingerprint density at radius 2 is 2.11 bits per heavy atom. The molecule has 0 fully saturated rings. The zero-order chi connectivity index (χ0) is 6.69. The molecule has 0 unspecified atom stereocenters. The average Bonchev–Trinajstić information content (AvgIpc) is 1.89. The molecule has 0 aliphatic rings. The van der Waals surface area contributed by atoms with Gasteiger partial charge in [-0.05, 0) is 0 Å². The fourth-order valence-electron chi connectivity index (χ4n) is 0.428. The number of hydrogen-bond donors (Lipinski definition) is 2. The molecule has 1 aromatic heterocycles. The van der Waals surface area contributed by atoms with E-state index >= 15 is 0 Å². The van der Waals surface area contributed by atoms with Gasteiger partial charge in [-0.1, -0.05) is 0 Å². The van der Waals surface area contributed by atoms with E-state index in [1.54, 1.807) is 0 Å². The molecular formula is C4H5N5. The van der Waals surface area contributed by atoms with Gasteiger partial charge in [0.15, 0.2) is 5.82 Å². The van der Waals surface area contributed by atoms with Crippen LogP contribution in [0.25, 0.3) is 0 Å². The number of aromatic nitrogens is 2. The lowest BCUT2D eigenvalue weighted by Gasteiger charge is -1.90. The second kappa shape index (κ2) is 2.17. The van der Waals surface area contributed by atoms with Gasteiger partial charge in [0.05, 0.1) is 0 Å². The van der Waals surface area contributed by atoms with Gasteiger partial charge in [-0.3, -0.25) is 0 Å². The Bertz CT molecular complexity index is 220. The van der Waals surface area contributed by atoms with Crippen LogP contribution >= 0.6 is 0 Å². The smallest absolute Gasteiger partial charge is 0.216 e. The first-order valence-corrected chi connectivity index (χ1v) is 2.28. The molecule has 0 radical (unpaired) electrons. The predicted octanol–water partition coefficient (Wildman–Crippen LogP) is 0.721. The van der Waals surface area contributed by atoms with Crippen molar-refractivity contribution in [1.29, 1.82) is 5.53 Å². The molecule has 1 aromatic rings. The van der Waals surface area contributed by atoms with E-state index in [4.69, 9.17) is 11.3 Å². The lowest BCUT2D eigenvalue weighted by Crippen LogP contribution is -1.90. The van der Waals surface area contributed by atoms with Crippen LogP contribution in [0, 0.1) is 5.53 Å². The maximum atomic E-state index is 6.53. The summed E-state index contributed by atoms with van der Waals surface area (Å²) in [5.41, 5.74) is 11.8. The summed E-state index contributed by atoms with van der Waals surface area (Å²) in [6, 6.07) is 0. The van der Waals surface area contributed by atoms with Gasteiger partial charge >= 0.3 is 0 Å². The van der Waals surface area contributed by atoms with E-state index in [2.05, 4.69) is 15.1 Å². The highest BCUT2D eigenvalue weighted by Crippen LogP contribution is 2.11. The van der Waals surface area contributed by atoms with Crippen molar-refractivity contribution in [3.63, 3.8) is 0 Å². The summed E-state index contributed by atoms with van der Waals surface area (Å²) >= 11 is 0. The first-order chi connectivity index (χ1) is 4.34. The summed E-state index contributed by atoms with van der Waals surface area (Å²) in [5.74, 6) is 0.352. The minimum absolute atomic E-state index is 0.164. The molecule has 0 atom stereocenters. The normalized spacial score (nSPS) is 8.89. The SMILES string of the molecule is N=Nc1nccnc1N. The van der Waals surface area contributed by atoms with Gasteiger partial charge in [0, 0.05) is 12.4 Å². The highest BCUT2D eigenvalue weighted by atomic mass is 15.1. The Hall–Kier alpha value is -1.52. The van der Waals surface area contributed by atoms with Crippen molar-refractivity contribution in [2.75, 3.05) is 5.73 Å². The van der Waals surface area contributed by atoms with Crippen molar-refractivity contribution in [1.82, 2.24) is 9.97 Å². The van der Waals surface area contributed by atoms with E-state index in [1.165, 1.54) is 12.4 Å². The molecule has 5 nitrogen and oxygen atoms in total. The van der Waals surface area contributed by atoms with E-state index in [0.29, 0.717) is 0 Å². The molecule has 0 aliphatic carbocycles. The van der Waals surface area contributed by atoms with Gasteiger partial charge in [-0.15, -0.1) is 5.11 Å². The molecule has 0 bridgehead atoms. The molecule has 5 heteroatoms. The number of nitrogens with one attached hydrogen (secondary N) is 1. The lowest BCUT2D eigenvalue weighted by molar-refractivity contribution is 1.07. The van der Waals surface area contributed by atoms with Crippen molar-refractivity contribution in [2.45, 2.75) is 0 Å². The number of nitrogen functional groups attached to an aromatic ring is 1. The van der Waals surface area contributed by atoms with Crippen molar-refractivity contribution < 1.29 is 0 Å². The maximum Gasteiger partial charge on any atom is 0.216 e. The van der Waals surface area contributed by atoms with Crippen molar-refractivity contribution in [3.05, 3.63) is 12.4 Å². The van der Waals surface area contributed by atoms with E-state index in [9.17, 15) is 0 Å². The summed E-state index contributed by atoms with van der Waals surface area (Å²) in [6.45, 7) is 0. The average molecular weight is 123 g/mol. The van der Waals surface area contributed by atoms with Crippen LogP contribution in [-0.2, 0) is 0 Å². The minimum atomic E-state index is 0.164. The summed E-state index contributed by atoms with van der Waals surface area (Å²) < 4.78 is 0. The van der Waals surface area contributed by atoms with Crippen molar-refractivity contribution >= 4 is 11.6 Å². The van der Waals surface area contributed by atoms with E-state index in [-0.39, 0.29) is 11.6 Å². The van der Waals surface area contributed by atoms with Gasteiger partial charge in [0.25, 0.3) is 0 Å². The standard InChI is InChI=1S/C4H5N5/c5-3-4(9-6)8-2-1-7-3/h1-2,6H,(H2,5,7). The Morgan fingerprint density at radius 3 is 2.56 bits per heavy atom. The third kappa shape index (κ3) is 0.987. The highest BCUT2D eigenvalue weighted by molar-refractivity contribution is 5.49. The highest BCUT2D eigenvalue weighted by Gasteiger charge is 1.94. The van der Waals surface area contributed by atoms with Crippen LogP contribution in [0.2, 0.25) is 0 Å². The predicted molar refractivity (Wildman–Crippen MR) is 31.3 cm³/mol. The fourth-order valence-corrected chi connectivity index (χ4v) is 0.428.